The second kappa shape index (κ2) is 2.87. The van der Waals surface area contributed by atoms with E-state index in [-0.39, 0.29) is 10.7 Å². The van der Waals surface area contributed by atoms with Crippen molar-refractivity contribution in [2.45, 2.75) is 5.03 Å². The Bertz CT molecular complexity index is 432. The summed E-state index contributed by atoms with van der Waals surface area (Å²) in [6.07, 6.45) is 3.49. The number of sulfone groups is 1. The first-order valence-electron chi connectivity index (χ1n) is 2.97. The van der Waals surface area contributed by atoms with Gasteiger partial charge in [0.2, 0.25) is 0 Å². The van der Waals surface area contributed by atoms with Gasteiger partial charge in [-0.15, -0.1) is 0 Å². The molecule has 0 saturated carbocycles. The van der Waals surface area contributed by atoms with Crippen LogP contribution >= 0.6 is 0 Å². The number of aromatic nitrogens is 2. The van der Waals surface area contributed by atoms with Crippen LogP contribution in [0.25, 0.3) is 0 Å². The Kier molecular flexibility index (Phi) is 2.06. The quantitative estimate of drug-likeness (QED) is 0.599. The fourth-order valence-corrected chi connectivity index (χ4v) is 1.38. The Labute approximate surface area is 69.6 Å². The van der Waals surface area contributed by atoms with Crippen molar-refractivity contribution < 1.29 is 8.42 Å². The molecule has 0 spiro atoms. The number of rotatable bonds is 1. The molecular weight excluding hydrogens is 178 g/mol. The SMILES string of the molecule is CS(=O)(=O)c1nccnc1C#N. The van der Waals surface area contributed by atoms with Gasteiger partial charge in [-0.05, 0) is 0 Å². The van der Waals surface area contributed by atoms with Gasteiger partial charge in [0.1, 0.15) is 6.07 Å². The molecule has 1 aromatic rings. The lowest BCUT2D eigenvalue weighted by Crippen LogP contribution is -2.04. The number of hydrogen-bond acceptors (Lipinski definition) is 5. The molecule has 0 aliphatic carbocycles. The van der Waals surface area contributed by atoms with Crippen LogP contribution in [0.3, 0.4) is 0 Å². The minimum absolute atomic E-state index is 0.167. The van der Waals surface area contributed by atoms with Crippen LogP contribution in [0.2, 0.25) is 0 Å². The average Bonchev–Trinajstić information content (AvgIpc) is 2.03. The standard InChI is InChI=1S/C6H5N3O2S/c1-12(10,11)6-5(4-7)8-2-3-9-6/h2-3H,1H3. The van der Waals surface area contributed by atoms with Gasteiger partial charge in [-0.1, -0.05) is 0 Å². The van der Waals surface area contributed by atoms with Gasteiger partial charge in [0, 0.05) is 18.6 Å². The molecule has 12 heavy (non-hydrogen) atoms. The lowest BCUT2D eigenvalue weighted by Gasteiger charge is -1.96. The van der Waals surface area contributed by atoms with Gasteiger partial charge in [-0.3, -0.25) is 0 Å². The Balaban J connectivity index is 3.47. The van der Waals surface area contributed by atoms with Gasteiger partial charge in [0.15, 0.2) is 20.6 Å². The van der Waals surface area contributed by atoms with E-state index in [1.165, 1.54) is 12.4 Å². The fourth-order valence-electron chi connectivity index (χ4n) is 0.673. The molecule has 0 fully saturated rings. The largest absolute Gasteiger partial charge is 0.241 e. The highest BCUT2D eigenvalue weighted by atomic mass is 32.2. The van der Waals surface area contributed by atoms with Gasteiger partial charge in [-0.2, -0.15) is 5.26 Å². The van der Waals surface area contributed by atoms with Crippen LogP contribution in [0.15, 0.2) is 17.4 Å². The molecule has 62 valence electrons. The average molecular weight is 183 g/mol. The molecule has 0 radical (unpaired) electrons. The second-order valence-corrected chi connectivity index (χ2v) is 4.03. The van der Waals surface area contributed by atoms with Gasteiger partial charge < -0.3 is 0 Å². The predicted molar refractivity (Wildman–Crippen MR) is 39.9 cm³/mol. The zero-order valence-electron chi connectivity index (χ0n) is 6.22. The summed E-state index contributed by atoms with van der Waals surface area (Å²) in [7, 11) is -3.44. The first kappa shape index (κ1) is 8.62. The van der Waals surface area contributed by atoms with Crippen molar-refractivity contribution in [1.82, 2.24) is 9.97 Å². The summed E-state index contributed by atoms with van der Waals surface area (Å²) in [5.41, 5.74) is -0.167. The molecule has 0 aromatic carbocycles. The first-order chi connectivity index (χ1) is 5.55. The number of hydrogen-bond donors (Lipinski definition) is 0. The summed E-state index contributed by atoms with van der Waals surface area (Å²) in [5, 5.41) is 8.19. The third kappa shape index (κ3) is 1.57. The summed E-state index contributed by atoms with van der Waals surface area (Å²) in [6, 6.07) is 1.65. The summed E-state index contributed by atoms with van der Waals surface area (Å²) in [5.74, 6) is 0. The van der Waals surface area contributed by atoms with E-state index in [0.717, 1.165) is 6.26 Å². The molecule has 0 bridgehead atoms. The molecule has 0 atom stereocenters. The zero-order chi connectivity index (χ0) is 9.19. The molecule has 1 aromatic heterocycles. The second-order valence-electron chi connectivity index (χ2n) is 2.09. The van der Waals surface area contributed by atoms with Crippen LogP contribution in [0.5, 0.6) is 0 Å². The minimum Gasteiger partial charge on any atom is -0.241 e. The van der Waals surface area contributed by atoms with E-state index < -0.39 is 9.84 Å². The lowest BCUT2D eigenvalue weighted by molar-refractivity contribution is 0.597. The van der Waals surface area contributed by atoms with Gasteiger partial charge in [0.05, 0.1) is 0 Å². The van der Waals surface area contributed by atoms with Crippen LogP contribution in [-0.2, 0) is 9.84 Å². The monoisotopic (exact) mass is 183 g/mol. The highest BCUT2D eigenvalue weighted by molar-refractivity contribution is 7.90. The van der Waals surface area contributed by atoms with E-state index in [9.17, 15) is 8.42 Å². The zero-order valence-corrected chi connectivity index (χ0v) is 7.04. The molecule has 1 heterocycles. The van der Waals surface area contributed by atoms with Crippen LogP contribution in [0, 0.1) is 11.3 Å². The van der Waals surface area contributed by atoms with E-state index >= 15 is 0 Å². The van der Waals surface area contributed by atoms with Crippen LogP contribution in [0.4, 0.5) is 0 Å². The summed E-state index contributed by atoms with van der Waals surface area (Å²) in [4.78, 5) is 7.11. The van der Waals surface area contributed by atoms with Crippen molar-refractivity contribution in [3.05, 3.63) is 18.1 Å². The molecule has 0 amide bonds. The third-order valence-corrected chi connectivity index (χ3v) is 2.12. The van der Waals surface area contributed by atoms with E-state index in [0.29, 0.717) is 0 Å². The molecule has 5 nitrogen and oxygen atoms in total. The summed E-state index contributed by atoms with van der Waals surface area (Å²) >= 11 is 0. The van der Waals surface area contributed by atoms with Gasteiger partial charge in [0.25, 0.3) is 0 Å². The van der Waals surface area contributed by atoms with E-state index in [1.807, 2.05) is 0 Å². The molecule has 0 N–H and O–H groups in total. The highest BCUT2D eigenvalue weighted by Crippen LogP contribution is 2.06. The van der Waals surface area contributed by atoms with Crippen molar-refractivity contribution >= 4 is 9.84 Å². The van der Waals surface area contributed by atoms with E-state index in [2.05, 4.69) is 9.97 Å². The van der Waals surface area contributed by atoms with Gasteiger partial charge in [-0.25, -0.2) is 18.4 Å². The maximum atomic E-state index is 11.0. The molecule has 0 unspecified atom stereocenters. The first-order valence-corrected chi connectivity index (χ1v) is 4.86. The van der Waals surface area contributed by atoms with Crippen LogP contribution in [0.1, 0.15) is 5.69 Å². The Hall–Kier alpha value is -1.48. The Morgan fingerprint density at radius 3 is 2.42 bits per heavy atom. The molecule has 0 saturated heterocycles. The number of nitriles is 1. The highest BCUT2D eigenvalue weighted by Gasteiger charge is 2.14. The van der Waals surface area contributed by atoms with Gasteiger partial charge >= 0.3 is 0 Å². The normalized spacial score (nSPS) is 10.7. The van der Waals surface area contributed by atoms with Crippen LogP contribution in [-0.4, -0.2) is 24.6 Å². The van der Waals surface area contributed by atoms with Crippen molar-refractivity contribution in [3.63, 3.8) is 0 Å². The topological polar surface area (TPSA) is 83.7 Å². The molecule has 0 aliphatic rings. The Morgan fingerprint density at radius 1 is 1.42 bits per heavy atom. The van der Waals surface area contributed by atoms with E-state index in [1.54, 1.807) is 6.07 Å². The Morgan fingerprint density at radius 2 is 2.00 bits per heavy atom. The maximum absolute atomic E-state index is 11.0. The third-order valence-electron chi connectivity index (χ3n) is 1.12. The summed E-state index contributed by atoms with van der Waals surface area (Å²) in [6.45, 7) is 0. The molecule has 1 rings (SSSR count). The van der Waals surface area contributed by atoms with Crippen LogP contribution < -0.4 is 0 Å². The smallest absolute Gasteiger partial charge is 0.195 e. The molecule has 6 heteroatoms. The number of nitrogens with zero attached hydrogens (tertiary/aromatic N) is 3. The van der Waals surface area contributed by atoms with Crippen molar-refractivity contribution in [2.24, 2.45) is 0 Å². The summed E-state index contributed by atoms with van der Waals surface area (Å²) < 4.78 is 21.9. The molecular formula is C6H5N3O2S. The van der Waals surface area contributed by atoms with E-state index in [4.69, 9.17) is 5.26 Å². The predicted octanol–water partition coefficient (Wildman–Crippen LogP) is -0.248. The molecule has 0 aliphatic heterocycles. The lowest BCUT2D eigenvalue weighted by atomic mass is 10.5. The van der Waals surface area contributed by atoms with Crippen molar-refractivity contribution in [2.75, 3.05) is 6.26 Å². The fraction of sp³-hybridized carbons (Fsp3) is 0.167. The maximum Gasteiger partial charge on any atom is 0.195 e. The van der Waals surface area contributed by atoms with Crippen molar-refractivity contribution in [1.29, 1.82) is 5.26 Å². The van der Waals surface area contributed by atoms with Crippen molar-refractivity contribution in [3.8, 4) is 6.07 Å². The minimum atomic E-state index is -3.44.